The van der Waals surface area contributed by atoms with Crippen LogP contribution in [0.1, 0.15) is 0 Å². The first-order valence-electron chi connectivity index (χ1n) is 5.04. The van der Waals surface area contributed by atoms with E-state index in [2.05, 4.69) is 10.6 Å². The lowest BCUT2D eigenvalue weighted by atomic mass is 9.82. The Morgan fingerprint density at radius 1 is 1.38 bits per heavy atom. The predicted octanol–water partition coefficient (Wildman–Crippen LogP) is -0.714. The zero-order valence-electron chi connectivity index (χ0n) is 8.32. The van der Waals surface area contributed by atoms with Gasteiger partial charge in [-0.3, -0.25) is 14.9 Å². The van der Waals surface area contributed by atoms with E-state index in [0.29, 0.717) is 0 Å². The van der Waals surface area contributed by atoms with E-state index >= 15 is 0 Å². The number of carbonyl (C=O) groups excluding carboxylic acids is 1. The van der Waals surface area contributed by atoms with E-state index in [9.17, 15) is 18.4 Å². The molecule has 0 aromatic rings. The third kappa shape index (κ3) is 1.64. The lowest BCUT2D eigenvalue weighted by Crippen LogP contribution is -2.37. The van der Waals surface area contributed by atoms with E-state index in [4.69, 9.17) is 5.11 Å². The average Bonchev–Trinajstić information content (AvgIpc) is 2.70. The van der Waals surface area contributed by atoms with Crippen molar-refractivity contribution in [2.75, 3.05) is 13.1 Å². The lowest BCUT2D eigenvalue weighted by Gasteiger charge is -2.23. The summed E-state index contributed by atoms with van der Waals surface area (Å²) in [4.78, 5) is 22.1. The summed E-state index contributed by atoms with van der Waals surface area (Å²) in [5.41, 5.74) is 0. The van der Waals surface area contributed by atoms with Crippen LogP contribution in [0, 0.1) is 17.8 Å². The van der Waals surface area contributed by atoms with E-state index < -0.39 is 42.1 Å². The lowest BCUT2D eigenvalue weighted by molar-refractivity contribution is -0.147. The zero-order chi connectivity index (χ0) is 11.9. The molecule has 16 heavy (non-hydrogen) atoms. The van der Waals surface area contributed by atoms with Crippen molar-refractivity contribution >= 4 is 11.9 Å². The van der Waals surface area contributed by atoms with Gasteiger partial charge in [-0.15, -0.1) is 0 Å². The van der Waals surface area contributed by atoms with Crippen molar-refractivity contribution in [3.63, 3.8) is 0 Å². The van der Waals surface area contributed by atoms with Crippen LogP contribution in [0.3, 0.4) is 0 Å². The van der Waals surface area contributed by atoms with Gasteiger partial charge in [0.1, 0.15) is 12.1 Å². The number of carboxylic acids is 1. The number of nitrogens with one attached hydrogen (secondary N) is 2. The molecule has 0 aliphatic carbocycles. The molecule has 0 aromatic carbocycles. The van der Waals surface area contributed by atoms with Crippen molar-refractivity contribution < 1.29 is 23.5 Å². The van der Waals surface area contributed by atoms with Gasteiger partial charge in [-0.25, -0.2) is 8.78 Å². The van der Waals surface area contributed by atoms with Gasteiger partial charge in [0, 0.05) is 24.9 Å². The molecule has 2 saturated heterocycles. The van der Waals surface area contributed by atoms with Gasteiger partial charge in [-0.1, -0.05) is 0 Å². The molecule has 3 N–H and O–H groups in total. The first-order chi connectivity index (χ1) is 7.52. The van der Waals surface area contributed by atoms with Gasteiger partial charge in [0.05, 0.1) is 0 Å². The van der Waals surface area contributed by atoms with Crippen LogP contribution in [0.2, 0.25) is 0 Å². The Morgan fingerprint density at radius 3 is 2.56 bits per heavy atom. The SMILES string of the molecule is O=C(O)[C@@H]1C(=O)NC[C@H]1C1C(F)CNC1F. The third-order valence-corrected chi connectivity index (χ3v) is 3.25. The Kier molecular flexibility index (Phi) is 2.79. The molecule has 0 spiro atoms. The van der Waals surface area contributed by atoms with Crippen LogP contribution >= 0.6 is 0 Å². The molecule has 7 heteroatoms. The van der Waals surface area contributed by atoms with Crippen LogP contribution in [0.5, 0.6) is 0 Å². The number of halogens is 2. The fourth-order valence-corrected chi connectivity index (χ4v) is 2.46. The minimum absolute atomic E-state index is 0.0169. The van der Waals surface area contributed by atoms with Crippen LogP contribution in [-0.2, 0) is 9.59 Å². The molecule has 0 radical (unpaired) electrons. The van der Waals surface area contributed by atoms with Crippen LogP contribution < -0.4 is 10.6 Å². The van der Waals surface area contributed by atoms with E-state index in [-0.39, 0.29) is 13.1 Å². The average molecular weight is 234 g/mol. The number of alkyl halides is 2. The second-order valence-electron chi connectivity index (χ2n) is 4.13. The molecule has 0 aromatic heterocycles. The largest absolute Gasteiger partial charge is 0.481 e. The second kappa shape index (κ2) is 3.97. The molecule has 2 aliphatic heterocycles. The van der Waals surface area contributed by atoms with Crippen molar-refractivity contribution in [3.05, 3.63) is 0 Å². The number of rotatable bonds is 2. The summed E-state index contributed by atoms with van der Waals surface area (Å²) < 4.78 is 26.8. The van der Waals surface area contributed by atoms with Crippen molar-refractivity contribution in [3.8, 4) is 0 Å². The molecule has 1 amide bonds. The quantitative estimate of drug-likeness (QED) is 0.435. The van der Waals surface area contributed by atoms with Crippen molar-refractivity contribution in [1.29, 1.82) is 0 Å². The van der Waals surface area contributed by atoms with E-state index in [1.807, 2.05) is 0 Å². The molecule has 5 nitrogen and oxygen atoms in total. The van der Waals surface area contributed by atoms with Gasteiger partial charge in [-0.05, 0) is 0 Å². The van der Waals surface area contributed by atoms with Gasteiger partial charge in [0.25, 0.3) is 0 Å². The van der Waals surface area contributed by atoms with Gasteiger partial charge in [0.15, 0.2) is 6.30 Å². The summed E-state index contributed by atoms with van der Waals surface area (Å²) in [6.45, 7) is -0.119. The molecule has 2 aliphatic rings. The fourth-order valence-electron chi connectivity index (χ4n) is 2.46. The second-order valence-corrected chi connectivity index (χ2v) is 4.13. The fraction of sp³-hybridized carbons (Fsp3) is 0.778. The van der Waals surface area contributed by atoms with Crippen LogP contribution in [-0.4, -0.2) is 42.5 Å². The highest BCUT2D eigenvalue weighted by atomic mass is 19.1. The standard InChI is InChI=1S/C9H12F2N2O3/c10-4-2-12-7(11)5(4)3-1-13-8(14)6(3)9(15)16/h3-7,12H,1-2H2,(H,13,14)(H,15,16)/t3-,4?,5?,6-,7?/m0/s1. The number of carbonyl (C=O) groups is 2. The number of hydrogen-bond donors (Lipinski definition) is 3. The highest BCUT2D eigenvalue weighted by molar-refractivity contribution is 5.99. The van der Waals surface area contributed by atoms with Crippen LogP contribution in [0.4, 0.5) is 8.78 Å². The maximum atomic E-state index is 13.4. The number of aliphatic carboxylic acids is 1. The highest BCUT2D eigenvalue weighted by Crippen LogP contribution is 2.35. The van der Waals surface area contributed by atoms with Crippen molar-refractivity contribution in [2.24, 2.45) is 17.8 Å². The summed E-state index contributed by atoms with van der Waals surface area (Å²) in [5.74, 6) is -5.23. The molecular weight excluding hydrogens is 222 g/mol. The topological polar surface area (TPSA) is 78.4 Å². The van der Waals surface area contributed by atoms with Crippen LogP contribution in [0.25, 0.3) is 0 Å². The van der Waals surface area contributed by atoms with Crippen LogP contribution in [0.15, 0.2) is 0 Å². The van der Waals surface area contributed by atoms with Crippen molar-refractivity contribution in [2.45, 2.75) is 12.5 Å². The Labute approximate surface area is 90.2 Å². The maximum Gasteiger partial charge on any atom is 0.316 e. The molecule has 0 bridgehead atoms. The number of amides is 1. The molecule has 0 saturated carbocycles. The van der Waals surface area contributed by atoms with E-state index in [1.165, 1.54) is 0 Å². The predicted molar refractivity (Wildman–Crippen MR) is 48.9 cm³/mol. The first kappa shape index (κ1) is 11.3. The molecule has 2 fully saturated rings. The summed E-state index contributed by atoms with van der Waals surface area (Å²) >= 11 is 0. The zero-order valence-corrected chi connectivity index (χ0v) is 8.32. The highest BCUT2D eigenvalue weighted by Gasteiger charge is 2.51. The Morgan fingerprint density at radius 2 is 2.06 bits per heavy atom. The summed E-state index contributed by atoms with van der Waals surface area (Å²) in [6, 6.07) is 0. The summed E-state index contributed by atoms with van der Waals surface area (Å²) in [7, 11) is 0. The van der Waals surface area contributed by atoms with E-state index in [0.717, 1.165) is 0 Å². The minimum Gasteiger partial charge on any atom is -0.481 e. The summed E-state index contributed by atoms with van der Waals surface area (Å²) in [6.07, 6.45) is -3.04. The molecular formula is C9H12F2N2O3. The number of hydrogen-bond acceptors (Lipinski definition) is 3. The van der Waals surface area contributed by atoms with Gasteiger partial charge < -0.3 is 10.4 Å². The molecule has 90 valence electrons. The maximum absolute atomic E-state index is 13.4. The van der Waals surface area contributed by atoms with Gasteiger partial charge in [-0.2, -0.15) is 0 Å². The Balaban J connectivity index is 2.20. The molecule has 5 atom stereocenters. The van der Waals surface area contributed by atoms with Gasteiger partial charge in [0.2, 0.25) is 5.91 Å². The monoisotopic (exact) mass is 234 g/mol. The Bertz CT molecular complexity index is 316. The van der Waals surface area contributed by atoms with Crippen molar-refractivity contribution in [1.82, 2.24) is 10.6 Å². The summed E-state index contributed by atoms with van der Waals surface area (Å²) in [5, 5.41) is 13.5. The van der Waals surface area contributed by atoms with E-state index in [1.54, 1.807) is 0 Å². The third-order valence-electron chi connectivity index (χ3n) is 3.25. The smallest absolute Gasteiger partial charge is 0.316 e. The normalized spacial score (nSPS) is 43.4. The molecule has 2 heterocycles. The Hall–Kier alpha value is -1.24. The molecule has 2 rings (SSSR count). The molecule has 3 unspecified atom stereocenters. The number of carboxylic acid groups (broad SMARTS) is 1. The first-order valence-corrected chi connectivity index (χ1v) is 5.04. The minimum atomic E-state index is -1.59. The van der Waals surface area contributed by atoms with Gasteiger partial charge >= 0.3 is 5.97 Å².